The minimum Gasteiger partial charge on any atom is -0.467 e. The number of hydrogen-bond donors (Lipinski definition) is 0. The number of halogens is 1. The highest BCUT2D eigenvalue weighted by atomic mass is 19.1. The molecule has 166 valence electrons. The first-order valence-corrected chi connectivity index (χ1v) is 10.8. The molecule has 0 bridgehead atoms. The number of para-hydroxylation sites is 1. The second-order valence-corrected chi connectivity index (χ2v) is 7.84. The van der Waals surface area contributed by atoms with Gasteiger partial charge in [-0.1, -0.05) is 18.2 Å². The summed E-state index contributed by atoms with van der Waals surface area (Å²) in [7, 11) is 1.40. The number of methoxy groups -OCH3 is 1. The molecule has 2 heterocycles. The quantitative estimate of drug-likeness (QED) is 0.387. The fraction of sp³-hybridized carbons (Fsp3) is 0.192. The van der Waals surface area contributed by atoms with Crippen LogP contribution in [-0.4, -0.2) is 35.6 Å². The van der Waals surface area contributed by atoms with E-state index in [1.165, 1.54) is 19.2 Å². The van der Waals surface area contributed by atoms with Crippen molar-refractivity contribution in [1.29, 1.82) is 0 Å². The third-order valence-electron chi connectivity index (χ3n) is 5.75. The monoisotopic (exact) mass is 443 g/mol. The molecular formula is C26H22FN3O3. The van der Waals surface area contributed by atoms with Crippen LogP contribution in [0.4, 0.5) is 10.3 Å². The lowest BCUT2D eigenvalue weighted by Gasteiger charge is -2.23. The summed E-state index contributed by atoms with van der Waals surface area (Å²) in [6.45, 7) is 0.696. The molecular weight excluding hydrogens is 421 g/mol. The lowest BCUT2D eigenvalue weighted by atomic mass is 10.1. The van der Waals surface area contributed by atoms with Crippen LogP contribution in [0.25, 0.3) is 22.2 Å². The summed E-state index contributed by atoms with van der Waals surface area (Å²) in [5.74, 6) is 1.13. The second kappa shape index (κ2) is 8.86. The number of rotatable bonds is 5. The van der Waals surface area contributed by atoms with E-state index in [-0.39, 0.29) is 17.8 Å². The van der Waals surface area contributed by atoms with Crippen LogP contribution in [0.2, 0.25) is 0 Å². The number of hydrogen-bond acceptors (Lipinski definition) is 6. The maximum atomic E-state index is 13.1. The molecule has 3 aromatic carbocycles. The maximum absolute atomic E-state index is 13.1. The van der Waals surface area contributed by atoms with Crippen molar-refractivity contribution < 1.29 is 18.7 Å². The van der Waals surface area contributed by atoms with Crippen molar-refractivity contribution >= 4 is 22.8 Å². The number of aromatic nitrogens is 2. The maximum Gasteiger partial charge on any atom is 0.328 e. The van der Waals surface area contributed by atoms with Crippen molar-refractivity contribution in [2.24, 2.45) is 0 Å². The van der Waals surface area contributed by atoms with Crippen LogP contribution in [0.1, 0.15) is 12.8 Å². The van der Waals surface area contributed by atoms with Gasteiger partial charge in [-0.05, 0) is 67.4 Å². The van der Waals surface area contributed by atoms with Crippen LogP contribution in [0.15, 0.2) is 72.8 Å². The molecule has 0 N–H and O–H groups in total. The van der Waals surface area contributed by atoms with Gasteiger partial charge < -0.3 is 14.4 Å². The Morgan fingerprint density at radius 1 is 0.970 bits per heavy atom. The molecule has 33 heavy (non-hydrogen) atoms. The highest BCUT2D eigenvalue weighted by Gasteiger charge is 2.33. The molecule has 1 fully saturated rings. The van der Waals surface area contributed by atoms with E-state index in [2.05, 4.69) is 0 Å². The molecule has 5 rings (SSSR count). The first-order valence-electron chi connectivity index (χ1n) is 10.8. The fourth-order valence-electron chi connectivity index (χ4n) is 4.12. The highest BCUT2D eigenvalue weighted by molar-refractivity contribution is 5.93. The SMILES string of the molecule is COC(=O)C1CCCN1c1nc(-c2ccc(Oc3ccc(F)cc3)cc2)c2ccccc2n1. The molecule has 0 amide bonds. The minimum atomic E-state index is -0.379. The first-order chi connectivity index (χ1) is 16.1. The van der Waals surface area contributed by atoms with Gasteiger partial charge in [-0.25, -0.2) is 19.2 Å². The molecule has 0 saturated carbocycles. The molecule has 0 aliphatic carbocycles. The first kappa shape index (κ1) is 20.9. The van der Waals surface area contributed by atoms with Gasteiger partial charge >= 0.3 is 5.97 Å². The van der Waals surface area contributed by atoms with E-state index in [9.17, 15) is 9.18 Å². The highest BCUT2D eigenvalue weighted by Crippen LogP contribution is 2.32. The summed E-state index contributed by atoms with van der Waals surface area (Å²) in [5, 5.41) is 0.919. The van der Waals surface area contributed by atoms with E-state index in [1.807, 2.05) is 53.4 Å². The van der Waals surface area contributed by atoms with Crippen LogP contribution in [0, 0.1) is 5.82 Å². The molecule has 1 saturated heterocycles. The third kappa shape index (κ3) is 4.22. The largest absolute Gasteiger partial charge is 0.467 e. The predicted octanol–water partition coefficient (Wildman–Crippen LogP) is 5.37. The van der Waals surface area contributed by atoms with E-state index < -0.39 is 0 Å². The summed E-state index contributed by atoms with van der Waals surface area (Å²) < 4.78 is 23.9. The van der Waals surface area contributed by atoms with E-state index in [1.54, 1.807) is 12.1 Å². The summed E-state index contributed by atoms with van der Waals surface area (Å²) >= 11 is 0. The Kier molecular flexibility index (Phi) is 5.60. The molecule has 1 aliphatic rings. The Hall–Kier alpha value is -4.00. The zero-order valence-corrected chi connectivity index (χ0v) is 18.1. The molecule has 0 spiro atoms. The Labute approximate surface area is 190 Å². The van der Waals surface area contributed by atoms with Crippen molar-refractivity contribution in [1.82, 2.24) is 9.97 Å². The van der Waals surface area contributed by atoms with Crippen molar-refractivity contribution in [3.8, 4) is 22.8 Å². The van der Waals surface area contributed by atoms with Crippen molar-refractivity contribution in [2.45, 2.75) is 18.9 Å². The molecule has 1 atom stereocenters. The molecule has 6 nitrogen and oxygen atoms in total. The predicted molar refractivity (Wildman–Crippen MR) is 124 cm³/mol. The zero-order valence-electron chi connectivity index (χ0n) is 18.1. The van der Waals surface area contributed by atoms with Gasteiger partial charge in [0.25, 0.3) is 0 Å². The summed E-state index contributed by atoms with van der Waals surface area (Å²) in [6.07, 6.45) is 1.59. The number of nitrogens with zero attached hydrogens (tertiary/aromatic N) is 3. The Morgan fingerprint density at radius 3 is 2.39 bits per heavy atom. The number of carbonyl (C=O) groups excluding carboxylic acids is 1. The third-order valence-corrected chi connectivity index (χ3v) is 5.75. The lowest BCUT2D eigenvalue weighted by Crippen LogP contribution is -2.38. The molecule has 1 aromatic heterocycles. The second-order valence-electron chi connectivity index (χ2n) is 7.84. The van der Waals surface area contributed by atoms with Gasteiger partial charge in [0.05, 0.1) is 18.3 Å². The van der Waals surface area contributed by atoms with Gasteiger partial charge in [-0.2, -0.15) is 0 Å². The average molecular weight is 443 g/mol. The van der Waals surface area contributed by atoms with Gasteiger partial charge in [0.15, 0.2) is 0 Å². The van der Waals surface area contributed by atoms with Crippen LogP contribution in [0.5, 0.6) is 11.5 Å². The van der Waals surface area contributed by atoms with Crippen molar-refractivity contribution in [2.75, 3.05) is 18.6 Å². The Morgan fingerprint density at radius 2 is 1.67 bits per heavy atom. The lowest BCUT2D eigenvalue weighted by molar-refractivity contribution is -0.141. The molecule has 4 aromatic rings. The van der Waals surface area contributed by atoms with Gasteiger partial charge in [0.1, 0.15) is 23.4 Å². The van der Waals surface area contributed by atoms with Gasteiger partial charge in [-0.15, -0.1) is 0 Å². The van der Waals surface area contributed by atoms with Crippen molar-refractivity contribution in [3.05, 3.63) is 78.6 Å². The van der Waals surface area contributed by atoms with Gasteiger partial charge in [0, 0.05) is 17.5 Å². The molecule has 7 heteroatoms. The number of anilines is 1. The topological polar surface area (TPSA) is 64.5 Å². The fourth-order valence-corrected chi connectivity index (χ4v) is 4.12. The molecule has 0 radical (unpaired) electrons. The van der Waals surface area contributed by atoms with Crippen molar-refractivity contribution in [3.63, 3.8) is 0 Å². The van der Waals surface area contributed by atoms with E-state index in [0.29, 0.717) is 30.4 Å². The zero-order chi connectivity index (χ0) is 22.8. The van der Waals surface area contributed by atoms with Gasteiger partial charge in [0.2, 0.25) is 5.95 Å². The van der Waals surface area contributed by atoms with Crippen LogP contribution in [-0.2, 0) is 9.53 Å². The van der Waals surface area contributed by atoms with Crippen LogP contribution >= 0.6 is 0 Å². The van der Waals surface area contributed by atoms with E-state index in [0.717, 1.165) is 28.6 Å². The number of ether oxygens (including phenoxy) is 2. The summed E-state index contributed by atoms with van der Waals surface area (Å²) in [4.78, 5) is 23.8. The number of esters is 1. The minimum absolute atomic E-state index is 0.270. The molecule has 1 aliphatic heterocycles. The van der Waals surface area contributed by atoms with Crippen LogP contribution < -0.4 is 9.64 Å². The Balaban J connectivity index is 1.51. The van der Waals surface area contributed by atoms with Crippen LogP contribution in [0.3, 0.4) is 0 Å². The van der Waals surface area contributed by atoms with E-state index in [4.69, 9.17) is 19.4 Å². The number of fused-ring (bicyclic) bond motifs is 1. The average Bonchev–Trinajstić information content (AvgIpc) is 3.35. The summed E-state index contributed by atoms with van der Waals surface area (Å²) in [6, 6.07) is 20.9. The Bertz CT molecular complexity index is 1290. The standard InChI is InChI=1S/C26H22FN3O3/c1-32-25(31)23-7-4-16-30(23)26-28-22-6-3-2-5-21(22)24(29-26)17-8-12-19(13-9-17)33-20-14-10-18(27)11-15-20/h2-3,5-6,8-15,23H,4,7,16H2,1H3. The molecule has 1 unspecified atom stereocenters. The van der Waals surface area contributed by atoms with Gasteiger partial charge in [-0.3, -0.25) is 0 Å². The number of carbonyl (C=O) groups is 1. The number of benzene rings is 3. The smallest absolute Gasteiger partial charge is 0.328 e. The normalized spacial score (nSPS) is 15.6. The van der Waals surface area contributed by atoms with E-state index >= 15 is 0 Å². The summed E-state index contributed by atoms with van der Waals surface area (Å²) in [5.41, 5.74) is 2.48.